The van der Waals surface area contributed by atoms with Crippen LogP contribution in [-0.2, 0) is 10.0 Å². The number of amides is 1. The van der Waals surface area contributed by atoms with Crippen molar-refractivity contribution in [1.82, 2.24) is 9.29 Å². The van der Waals surface area contributed by atoms with Crippen molar-refractivity contribution in [3.05, 3.63) is 45.8 Å². The minimum Gasteiger partial charge on any atom is -0.494 e. The first-order valence-corrected chi connectivity index (χ1v) is 11.1. The zero-order chi connectivity index (χ0) is 19.4. The highest BCUT2D eigenvalue weighted by molar-refractivity contribution is 14.1. The molecule has 0 bridgehead atoms. The number of aromatic nitrogens is 1. The number of carbonyl (C=O) groups is 1. The highest BCUT2D eigenvalue weighted by Gasteiger charge is 2.25. The molecule has 2 aromatic rings. The van der Waals surface area contributed by atoms with Crippen molar-refractivity contribution in [2.45, 2.75) is 24.2 Å². The standard InChI is InChI=1S/C18H20IN3O4S/c1-26-16-10-9-15(21-17(16)19)18(23)20-13-5-7-14(8-6-13)27(24,25)22-11-3-2-4-12-22/h5-10H,2-4,11-12H2,1H3,(H,20,23). The average Bonchev–Trinajstić information content (AvgIpc) is 2.69. The molecule has 7 nitrogen and oxygen atoms in total. The fourth-order valence-corrected chi connectivity index (χ4v) is 5.04. The molecule has 2 heterocycles. The first-order chi connectivity index (χ1) is 12.9. The Labute approximate surface area is 172 Å². The Morgan fingerprint density at radius 2 is 1.78 bits per heavy atom. The van der Waals surface area contributed by atoms with Gasteiger partial charge >= 0.3 is 0 Å². The van der Waals surface area contributed by atoms with Gasteiger partial charge in [0.15, 0.2) is 5.75 Å². The number of hydrogen-bond acceptors (Lipinski definition) is 5. The van der Waals surface area contributed by atoms with Crippen LogP contribution in [0.15, 0.2) is 41.3 Å². The van der Waals surface area contributed by atoms with Gasteiger partial charge in [0, 0.05) is 18.8 Å². The molecule has 1 saturated heterocycles. The van der Waals surface area contributed by atoms with Gasteiger partial charge in [0.1, 0.15) is 9.39 Å². The van der Waals surface area contributed by atoms with E-state index in [0.29, 0.717) is 28.2 Å². The number of nitrogens with one attached hydrogen (secondary N) is 1. The van der Waals surface area contributed by atoms with E-state index in [9.17, 15) is 13.2 Å². The van der Waals surface area contributed by atoms with Gasteiger partial charge in [-0.15, -0.1) is 0 Å². The molecule has 1 N–H and O–H groups in total. The molecular weight excluding hydrogens is 481 g/mol. The van der Waals surface area contributed by atoms with Crippen LogP contribution >= 0.6 is 22.6 Å². The third-order valence-electron chi connectivity index (χ3n) is 4.33. The molecule has 1 aromatic carbocycles. The van der Waals surface area contributed by atoms with Gasteiger partial charge in [-0.25, -0.2) is 13.4 Å². The second-order valence-corrected chi connectivity index (χ2v) is 9.09. The van der Waals surface area contributed by atoms with Gasteiger partial charge in [0.2, 0.25) is 10.0 Å². The fourth-order valence-electron chi connectivity index (χ4n) is 2.86. The molecule has 3 rings (SSSR count). The Morgan fingerprint density at radius 3 is 2.37 bits per heavy atom. The van der Waals surface area contributed by atoms with Crippen molar-refractivity contribution >= 4 is 44.2 Å². The van der Waals surface area contributed by atoms with E-state index in [0.717, 1.165) is 19.3 Å². The first kappa shape index (κ1) is 20.0. The molecule has 1 amide bonds. The summed E-state index contributed by atoms with van der Waals surface area (Å²) < 4.78 is 32.6. The molecule has 27 heavy (non-hydrogen) atoms. The number of ether oxygens (including phenoxy) is 1. The largest absolute Gasteiger partial charge is 0.494 e. The van der Waals surface area contributed by atoms with Crippen molar-refractivity contribution in [1.29, 1.82) is 0 Å². The summed E-state index contributed by atoms with van der Waals surface area (Å²) in [6, 6.07) is 9.46. The summed E-state index contributed by atoms with van der Waals surface area (Å²) in [7, 11) is -1.94. The second kappa shape index (κ2) is 8.53. The first-order valence-electron chi connectivity index (χ1n) is 8.54. The minimum atomic E-state index is -3.48. The topological polar surface area (TPSA) is 88.6 Å². The summed E-state index contributed by atoms with van der Waals surface area (Å²) in [4.78, 5) is 16.8. The Hall–Kier alpha value is -1.72. The SMILES string of the molecule is COc1ccc(C(=O)Nc2ccc(S(=O)(=O)N3CCCCC3)cc2)nc1I. The Kier molecular flexibility index (Phi) is 6.33. The number of halogens is 1. The number of piperidine rings is 1. The number of nitrogens with zero attached hydrogens (tertiary/aromatic N) is 2. The highest BCUT2D eigenvalue weighted by Crippen LogP contribution is 2.23. The zero-order valence-corrected chi connectivity index (χ0v) is 17.8. The second-order valence-electron chi connectivity index (χ2n) is 6.13. The molecule has 0 radical (unpaired) electrons. The van der Waals surface area contributed by atoms with Crippen LogP contribution in [0.5, 0.6) is 5.75 Å². The average molecular weight is 501 g/mol. The highest BCUT2D eigenvalue weighted by atomic mass is 127. The van der Waals surface area contributed by atoms with E-state index >= 15 is 0 Å². The predicted octanol–water partition coefficient (Wildman–Crippen LogP) is 3.12. The lowest BCUT2D eigenvalue weighted by atomic mass is 10.2. The number of pyridine rings is 1. The number of sulfonamides is 1. The number of rotatable bonds is 5. The van der Waals surface area contributed by atoms with E-state index in [1.54, 1.807) is 31.4 Å². The lowest BCUT2D eigenvalue weighted by Gasteiger charge is -2.25. The minimum absolute atomic E-state index is 0.236. The van der Waals surface area contributed by atoms with Crippen LogP contribution in [0, 0.1) is 3.70 Å². The van der Waals surface area contributed by atoms with Gasteiger partial charge in [0.25, 0.3) is 5.91 Å². The summed E-state index contributed by atoms with van der Waals surface area (Å²) in [5.74, 6) is 0.224. The molecule has 1 aromatic heterocycles. The third-order valence-corrected chi connectivity index (χ3v) is 7.02. The van der Waals surface area contributed by atoms with E-state index in [1.165, 1.54) is 16.4 Å². The number of hydrogen-bond donors (Lipinski definition) is 1. The fraction of sp³-hybridized carbons (Fsp3) is 0.333. The summed E-state index contributed by atoms with van der Waals surface area (Å²) in [5.41, 5.74) is 0.760. The summed E-state index contributed by atoms with van der Waals surface area (Å²) in [5, 5.41) is 2.73. The molecule has 1 fully saturated rings. The van der Waals surface area contributed by atoms with E-state index in [4.69, 9.17) is 4.74 Å². The number of methoxy groups -OCH3 is 1. The Balaban J connectivity index is 1.72. The molecule has 9 heteroatoms. The van der Waals surface area contributed by atoms with Crippen LogP contribution in [0.4, 0.5) is 5.69 Å². The van der Waals surface area contributed by atoms with Gasteiger partial charge < -0.3 is 10.1 Å². The number of benzene rings is 1. The van der Waals surface area contributed by atoms with E-state index in [-0.39, 0.29) is 16.5 Å². The van der Waals surface area contributed by atoms with Crippen LogP contribution in [0.1, 0.15) is 29.8 Å². The van der Waals surface area contributed by atoms with Gasteiger partial charge in [-0.3, -0.25) is 4.79 Å². The van der Waals surface area contributed by atoms with Crippen LogP contribution in [0.2, 0.25) is 0 Å². The van der Waals surface area contributed by atoms with Gasteiger partial charge in [0.05, 0.1) is 12.0 Å². The van der Waals surface area contributed by atoms with Crippen molar-refractivity contribution < 1.29 is 17.9 Å². The molecular formula is C18H20IN3O4S. The van der Waals surface area contributed by atoms with Gasteiger partial charge in [-0.05, 0) is 71.8 Å². The van der Waals surface area contributed by atoms with Gasteiger partial charge in [-0.2, -0.15) is 4.31 Å². The van der Waals surface area contributed by atoms with Crippen molar-refractivity contribution in [3.63, 3.8) is 0 Å². The van der Waals surface area contributed by atoms with Crippen LogP contribution < -0.4 is 10.1 Å². The van der Waals surface area contributed by atoms with E-state index in [1.807, 2.05) is 22.6 Å². The Morgan fingerprint density at radius 1 is 1.11 bits per heavy atom. The third kappa shape index (κ3) is 4.58. The maximum absolute atomic E-state index is 12.7. The smallest absolute Gasteiger partial charge is 0.274 e. The normalized spacial score (nSPS) is 15.3. The van der Waals surface area contributed by atoms with Crippen LogP contribution in [0.3, 0.4) is 0 Å². The van der Waals surface area contributed by atoms with E-state index < -0.39 is 10.0 Å². The molecule has 144 valence electrons. The summed E-state index contributed by atoms with van der Waals surface area (Å²) in [6.07, 6.45) is 2.84. The lowest BCUT2D eigenvalue weighted by molar-refractivity contribution is 0.102. The van der Waals surface area contributed by atoms with Crippen molar-refractivity contribution in [3.8, 4) is 5.75 Å². The molecule has 0 saturated carbocycles. The predicted molar refractivity (Wildman–Crippen MR) is 111 cm³/mol. The monoisotopic (exact) mass is 501 g/mol. The molecule has 0 unspecified atom stereocenters. The quantitative estimate of drug-likeness (QED) is 0.503. The van der Waals surface area contributed by atoms with Crippen LogP contribution in [-0.4, -0.2) is 43.8 Å². The molecule has 1 aliphatic rings. The molecule has 0 aliphatic carbocycles. The molecule has 1 aliphatic heterocycles. The Bertz CT molecular complexity index is 926. The summed E-state index contributed by atoms with van der Waals surface area (Å²) >= 11 is 2.00. The molecule has 0 spiro atoms. The molecule has 0 atom stereocenters. The number of carbonyl (C=O) groups excluding carboxylic acids is 1. The zero-order valence-electron chi connectivity index (χ0n) is 14.8. The van der Waals surface area contributed by atoms with E-state index in [2.05, 4.69) is 10.3 Å². The maximum atomic E-state index is 12.7. The van der Waals surface area contributed by atoms with Crippen molar-refractivity contribution in [2.24, 2.45) is 0 Å². The lowest BCUT2D eigenvalue weighted by Crippen LogP contribution is -2.35. The van der Waals surface area contributed by atoms with Crippen LogP contribution in [0.25, 0.3) is 0 Å². The van der Waals surface area contributed by atoms with Crippen molar-refractivity contribution in [2.75, 3.05) is 25.5 Å². The number of anilines is 1. The maximum Gasteiger partial charge on any atom is 0.274 e. The van der Waals surface area contributed by atoms with Gasteiger partial charge in [-0.1, -0.05) is 6.42 Å². The summed E-state index contributed by atoms with van der Waals surface area (Å²) in [6.45, 7) is 1.12.